The Labute approximate surface area is 108 Å². The molecule has 3 nitrogen and oxygen atoms in total. The standard InChI is InChI=1S/C13H20ClN3/c14-11-8-15-16(9-11)10-17(13-6-7-13)12-4-2-1-3-5-12/h8-9,12-13H,1-7,10H2. The summed E-state index contributed by atoms with van der Waals surface area (Å²) in [5.41, 5.74) is 0. The minimum atomic E-state index is 0.740. The molecule has 2 aliphatic carbocycles. The fraction of sp³-hybridized carbons (Fsp3) is 0.769. The van der Waals surface area contributed by atoms with Crippen LogP contribution in [0.1, 0.15) is 44.9 Å². The van der Waals surface area contributed by atoms with Crippen molar-refractivity contribution in [2.24, 2.45) is 0 Å². The largest absolute Gasteiger partial charge is 0.278 e. The van der Waals surface area contributed by atoms with Crippen molar-refractivity contribution >= 4 is 11.6 Å². The predicted octanol–water partition coefficient (Wildman–Crippen LogP) is 3.29. The summed E-state index contributed by atoms with van der Waals surface area (Å²) in [4.78, 5) is 2.66. The van der Waals surface area contributed by atoms with Gasteiger partial charge in [-0.2, -0.15) is 5.10 Å². The fourth-order valence-corrected chi connectivity index (χ4v) is 3.09. The summed E-state index contributed by atoms with van der Waals surface area (Å²) in [5, 5.41) is 5.04. The van der Waals surface area contributed by atoms with Gasteiger partial charge in [-0.05, 0) is 25.7 Å². The molecule has 4 heteroatoms. The molecule has 0 aromatic carbocycles. The van der Waals surface area contributed by atoms with E-state index in [0.717, 1.165) is 23.8 Å². The van der Waals surface area contributed by atoms with Gasteiger partial charge in [0.05, 0.1) is 17.9 Å². The van der Waals surface area contributed by atoms with Crippen molar-refractivity contribution in [3.8, 4) is 0 Å². The topological polar surface area (TPSA) is 21.1 Å². The zero-order valence-electron chi connectivity index (χ0n) is 10.2. The van der Waals surface area contributed by atoms with Crippen molar-refractivity contribution in [2.45, 2.75) is 63.7 Å². The van der Waals surface area contributed by atoms with E-state index in [4.69, 9.17) is 11.6 Å². The van der Waals surface area contributed by atoms with Gasteiger partial charge < -0.3 is 0 Å². The van der Waals surface area contributed by atoms with Gasteiger partial charge >= 0.3 is 0 Å². The summed E-state index contributed by atoms with van der Waals surface area (Å²) in [7, 11) is 0. The van der Waals surface area contributed by atoms with Crippen molar-refractivity contribution in [3.05, 3.63) is 17.4 Å². The number of hydrogen-bond acceptors (Lipinski definition) is 2. The second-order valence-electron chi connectivity index (χ2n) is 5.38. The first kappa shape index (κ1) is 11.5. The summed E-state index contributed by atoms with van der Waals surface area (Å²) in [6, 6.07) is 1.58. The van der Waals surface area contributed by atoms with Crippen LogP contribution in [0.4, 0.5) is 0 Å². The van der Waals surface area contributed by atoms with Crippen molar-refractivity contribution in [1.82, 2.24) is 14.7 Å². The first-order valence-corrected chi connectivity index (χ1v) is 7.14. The number of aromatic nitrogens is 2. The highest BCUT2D eigenvalue weighted by Crippen LogP contribution is 2.34. The van der Waals surface area contributed by atoms with Crippen LogP contribution in [0.15, 0.2) is 12.4 Å². The molecule has 17 heavy (non-hydrogen) atoms. The van der Waals surface area contributed by atoms with Gasteiger partial charge in [-0.1, -0.05) is 30.9 Å². The zero-order chi connectivity index (χ0) is 11.7. The fourth-order valence-electron chi connectivity index (χ4n) is 2.93. The molecule has 0 N–H and O–H groups in total. The lowest BCUT2D eigenvalue weighted by Crippen LogP contribution is -2.39. The molecule has 0 spiro atoms. The number of hydrogen-bond donors (Lipinski definition) is 0. The van der Waals surface area contributed by atoms with Gasteiger partial charge in [0.15, 0.2) is 0 Å². The van der Waals surface area contributed by atoms with E-state index in [-0.39, 0.29) is 0 Å². The van der Waals surface area contributed by atoms with E-state index in [1.165, 1.54) is 44.9 Å². The minimum Gasteiger partial charge on any atom is -0.278 e. The highest BCUT2D eigenvalue weighted by molar-refractivity contribution is 6.30. The molecule has 0 unspecified atom stereocenters. The molecular weight excluding hydrogens is 234 g/mol. The average molecular weight is 254 g/mol. The normalized spacial score (nSPS) is 22.2. The molecule has 2 aliphatic rings. The summed E-state index contributed by atoms with van der Waals surface area (Å²) in [5.74, 6) is 0. The Bertz CT molecular complexity index is 366. The van der Waals surface area contributed by atoms with Crippen LogP contribution in [0, 0.1) is 0 Å². The molecule has 2 fully saturated rings. The molecule has 0 radical (unpaired) electrons. The SMILES string of the molecule is Clc1cnn(CN(C2CCCCC2)C2CC2)c1. The van der Waals surface area contributed by atoms with Crippen LogP contribution in [-0.2, 0) is 6.67 Å². The quantitative estimate of drug-likeness (QED) is 0.821. The number of rotatable bonds is 4. The molecule has 1 aromatic heterocycles. The smallest absolute Gasteiger partial charge is 0.0934 e. The highest BCUT2D eigenvalue weighted by Gasteiger charge is 2.34. The summed E-state index contributed by atoms with van der Waals surface area (Å²) < 4.78 is 1.98. The zero-order valence-corrected chi connectivity index (χ0v) is 10.9. The van der Waals surface area contributed by atoms with E-state index < -0.39 is 0 Å². The monoisotopic (exact) mass is 253 g/mol. The average Bonchev–Trinajstić information content (AvgIpc) is 3.11. The third-order valence-electron chi connectivity index (χ3n) is 3.97. The molecule has 94 valence electrons. The Kier molecular flexibility index (Phi) is 3.39. The van der Waals surface area contributed by atoms with Crippen LogP contribution in [0.25, 0.3) is 0 Å². The van der Waals surface area contributed by atoms with Gasteiger partial charge in [0.2, 0.25) is 0 Å². The lowest BCUT2D eigenvalue weighted by molar-refractivity contribution is 0.104. The maximum atomic E-state index is 5.92. The molecular formula is C13H20ClN3. The van der Waals surface area contributed by atoms with Crippen LogP contribution >= 0.6 is 11.6 Å². The molecule has 2 saturated carbocycles. The van der Waals surface area contributed by atoms with E-state index in [2.05, 4.69) is 10.00 Å². The second kappa shape index (κ2) is 4.99. The van der Waals surface area contributed by atoms with E-state index in [1.54, 1.807) is 6.20 Å². The summed E-state index contributed by atoms with van der Waals surface area (Å²) in [6.07, 6.45) is 13.3. The van der Waals surface area contributed by atoms with Crippen LogP contribution in [-0.4, -0.2) is 26.8 Å². The maximum absolute atomic E-state index is 5.92. The van der Waals surface area contributed by atoms with Gasteiger partial charge in [0.1, 0.15) is 0 Å². The molecule has 0 saturated heterocycles. The first-order chi connectivity index (χ1) is 8.33. The Morgan fingerprint density at radius 1 is 1.18 bits per heavy atom. The third kappa shape index (κ3) is 2.83. The van der Waals surface area contributed by atoms with Gasteiger partial charge in [-0.25, -0.2) is 0 Å². The van der Waals surface area contributed by atoms with Gasteiger partial charge in [0, 0.05) is 18.3 Å². The van der Waals surface area contributed by atoms with E-state index >= 15 is 0 Å². The summed E-state index contributed by atoms with van der Waals surface area (Å²) >= 11 is 5.92. The molecule has 0 amide bonds. The van der Waals surface area contributed by atoms with E-state index in [0.29, 0.717) is 0 Å². The van der Waals surface area contributed by atoms with E-state index in [1.807, 2.05) is 10.9 Å². The second-order valence-corrected chi connectivity index (χ2v) is 5.81. The highest BCUT2D eigenvalue weighted by atomic mass is 35.5. The van der Waals surface area contributed by atoms with Crippen LogP contribution in [0.5, 0.6) is 0 Å². The molecule has 0 aliphatic heterocycles. The Morgan fingerprint density at radius 3 is 2.47 bits per heavy atom. The van der Waals surface area contributed by atoms with Crippen LogP contribution in [0.2, 0.25) is 5.02 Å². The predicted molar refractivity (Wildman–Crippen MR) is 69.0 cm³/mol. The van der Waals surface area contributed by atoms with Gasteiger partial charge in [0.25, 0.3) is 0 Å². The molecule has 1 aromatic rings. The van der Waals surface area contributed by atoms with Gasteiger partial charge in [-0.3, -0.25) is 9.58 Å². The molecule has 0 atom stereocenters. The Hall–Kier alpha value is -0.540. The summed E-state index contributed by atoms with van der Waals surface area (Å²) in [6.45, 7) is 0.919. The first-order valence-electron chi connectivity index (χ1n) is 6.76. The lowest BCUT2D eigenvalue weighted by atomic mass is 9.94. The molecule has 1 heterocycles. The van der Waals surface area contributed by atoms with Crippen LogP contribution in [0.3, 0.4) is 0 Å². The minimum absolute atomic E-state index is 0.740. The van der Waals surface area contributed by atoms with Crippen LogP contribution < -0.4 is 0 Å². The lowest BCUT2D eigenvalue weighted by Gasteiger charge is -2.34. The maximum Gasteiger partial charge on any atom is 0.0934 e. The number of halogens is 1. The van der Waals surface area contributed by atoms with Crippen molar-refractivity contribution in [2.75, 3.05) is 0 Å². The van der Waals surface area contributed by atoms with Gasteiger partial charge in [-0.15, -0.1) is 0 Å². The third-order valence-corrected chi connectivity index (χ3v) is 4.16. The van der Waals surface area contributed by atoms with Crippen molar-refractivity contribution < 1.29 is 0 Å². The van der Waals surface area contributed by atoms with Crippen molar-refractivity contribution in [3.63, 3.8) is 0 Å². The molecule has 3 rings (SSSR count). The van der Waals surface area contributed by atoms with Crippen molar-refractivity contribution in [1.29, 1.82) is 0 Å². The van der Waals surface area contributed by atoms with E-state index in [9.17, 15) is 0 Å². The Balaban J connectivity index is 1.67. The Morgan fingerprint density at radius 2 is 1.88 bits per heavy atom. The number of nitrogens with zero attached hydrogens (tertiary/aromatic N) is 3. The molecule has 0 bridgehead atoms.